The normalized spacial score (nSPS) is 20.7. The molecule has 2 atom stereocenters. The minimum atomic E-state index is -0.204. The second kappa shape index (κ2) is 11.1. The lowest BCUT2D eigenvalue weighted by atomic mass is 9.62. The summed E-state index contributed by atoms with van der Waals surface area (Å²) >= 11 is 0. The molecule has 1 fully saturated rings. The number of hydrogen-bond donors (Lipinski definition) is 2. The molecule has 1 aliphatic rings. The van der Waals surface area contributed by atoms with Gasteiger partial charge < -0.3 is 29.6 Å². The molecule has 0 spiro atoms. The van der Waals surface area contributed by atoms with Gasteiger partial charge in [-0.3, -0.25) is 9.59 Å². The first kappa shape index (κ1) is 27.2. The third-order valence-corrected chi connectivity index (χ3v) is 6.68. The lowest BCUT2D eigenvalue weighted by Gasteiger charge is -2.47. The molecule has 0 aromatic heterocycles. The molecule has 3 rings (SSSR count). The van der Waals surface area contributed by atoms with Crippen molar-refractivity contribution in [2.24, 2.45) is 10.8 Å². The van der Waals surface area contributed by atoms with Gasteiger partial charge in [-0.05, 0) is 54.4 Å². The predicted octanol–water partition coefficient (Wildman–Crippen LogP) is 4.47. The summed E-state index contributed by atoms with van der Waals surface area (Å²) in [6, 6.07) is 10.2. The zero-order valence-electron chi connectivity index (χ0n) is 22.3. The van der Waals surface area contributed by atoms with E-state index in [4.69, 9.17) is 18.9 Å². The van der Waals surface area contributed by atoms with Crippen molar-refractivity contribution in [1.82, 2.24) is 10.6 Å². The van der Waals surface area contributed by atoms with E-state index in [1.165, 1.54) is 0 Å². The van der Waals surface area contributed by atoms with Gasteiger partial charge in [0.2, 0.25) is 0 Å². The highest BCUT2D eigenvalue weighted by molar-refractivity contribution is 5.95. The van der Waals surface area contributed by atoms with E-state index in [2.05, 4.69) is 31.4 Å². The van der Waals surface area contributed by atoms with Gasteiger partial charge in [0.25, 0.3) is 11.8 Å². The molecule has 0 bridgehead atoms. The summed E-state index contributed by atoms with van der Waals surface area (Å²) in [5, 5.41) is 6.29. The third kappa shape index (κ3) is 6.83. The molecule has 0 heterocycles. The van der Waals surface area contributed by atoms with E-state index in [1.54, 1.807) is 64.8 Å². The standard InChI is InChI=1S/C28H38N2O6/c1-27(2)14-20(30-26(32)19-10-23(35-6)13-24(11-19)36-7)15-28(3,16-27)17-29-25(31)18-8-21(33-4)12-22(9-18)34-5/h8-13,20H,14-17H2,1-7H3,(H,29,31)(H,30,32). The molecular formula is C28H38N2O6. The average Bonchev–Trinajstić information content (AvgIpc) is 2.85. The molecule has 196 valence electrons. The highest BCUT2D eigenvalue weighted by atomic mass is 16.5. The topological polar surface area (TPSA) is 95.1 Å². The van der Waals surface area contributed by atoms with Crippen molar-refractivity contribution in [1.29, 1.82) is 0 Å². The van der Waals surface area contributed by atoms with Crippen molar-refractivity contribution in [3.8, 4) is 23.0 Å². The number of methoxy groups -OCH3 is 4. The van der Waals surface area contributed by atoms with Crippen LogP contribution in [0.1, 0.15) is 60.7 Å². The first-order valence-electron chi connectivity index (χ1n) is 12.0. The Hall–Kier alpha value is -3.42. The molecule has 2 amide bonds. The molecule has 0 aliphatic heterocycles. The summed E-state index contributed by atoms with van der Waals surface area (Å²) in [6.45, 7) is 7.04. The Morgan fingerprint density at radius 2 is 1.19 bits per heavy atom. The zero-order chi connectivity index (χ0) is 26.5. The molecule has 2 unspecified atom stereocenters. The lowest BCUT2D eigenvalue weighted by Crippen LogP contribution is -2.50. The zero-order valence-corrected chi connectivity index (χ0v) is 22.3. The smallest absolute Gasteiger partial charge is 0.251 e. The monoisotopic (exact) mass is 498 g/mol. The summed E-state index contributed by atoms with van der Waals surface area (Å²) in [5.41, 5.74) is 0.740. The first-order valence-corrected chi connectivity index (χ1v) is 12.0. The maximum absolute atomic E-state index is 13.1. The summed E-state index contributed by atoms with van der Waals surface area (Å²) in [5.74, 6) is 1.86. The van der Waals surface area contributed by atoms with E-state index in [9.17, 15) is 9.59 Å². The predicted molar refractivity (Wildman–Crippen MR) is 138 cm³/mol. The molecule has 36 heavy (non-hydrogen) atoms. The quantitative estimate of drug-likeness (QED) is 0.530. The molecule has 0 radical (unpaired) electrons. The molecule has 2 aromatic rings. The maximum Gasteiger partial charge on any atom is 0.251 e. The average molecular weight is 499 g/mol. The lowest BCUT2D eigenvalue weighted by molar-refractivity contribution is 0.0591. The summed E-state index contributed by atoms with van der Waals surface area (Å²) in [6.07, 6.45) is 2.50. The second-order valence-corrected chi connectivity index (χ2v) is 10.6. The van der Waals surface area contributed by atoms with Crippen LogP contribution in [-0.2, 0) is 0 Å². The fourth-order valence-corrected chi connectivity index (χ4v) is 5.41. The van der Waals surface area contributed by atoms with Crippen LogP contribution in [0.15, 0.2) is 36.4 Å². The molecule has 8 heteroatoms. The van der Waals surface area contributed by atoms with E-state index in [0.717, 1.165) is 19.3 Å². The van der Waals surface area contributed by atoms with Gasteiger partial charge in [0.1, 0.15) is 23.0 Å². The molecule has 8 nitrogen and oxygen atoms in total. The molecule has 0 saturated heterocycles. The van der Waals surface area contributed by atoms with E-state index in [0.29, 0.717) is 40.7 Å². The van der Waals surface area contributed by atoms with Crippen LogP contribution in [0, 0.1) is 10.8 Å². The number of amides is 2. The van der Waals surface area contributed by atoms with Crippen LogP contribution in [-0.4, -0.2) is 52.8 Å². The minimum Gasteiger partial charge on any atom is -0.497 e. The largest absolute Gasteiger partial charge is 0.497 e. The van der Waals surface area contributed by atoms with Crippen LogP contribution >= 0.6 is 0 Å². The van der Waals surface area contributed by atoms with E-state index >= 15 is 0 Å². The van der Waals surface area contributed by atoms with Gasteiger partial charge in [-0.1, -0.05) is 20.8 Å². The first-order chi connectivity index (χ1) is 17.0. The van der Waals surface area contributed by atoms with Crippen LogP contribution in [0.5, 0.6) is 23.0 Å². The second-order valence-electron chi connectivity index (χ2n) is 10.6. The van der Waals surface area contributed by atoms with Crippen LogP contribution in [0.25, 0.3) is 0 Å². The number of hydrogen-bond acceptors (Lipinski definition) is 6. The Kier molecular flexibility index (Phi) is 8.38. The van der Waals surface area contributed by atoms with Crippen LogP contribution < -0.4 is 29.6 Å². The Balaban J connectivity index is 1.71. The van der Waals surface area contributed by atoms with Crippen molar-refractivity contribution >= 4 is 11.8 Å². The van der Waals surface area contributed by atoms with Gasteiger partial charge >= 0.3 is 0 Å². The molecule has 2 aromatic carbocycles. The number of ether oxygens (including phenoxy) is 4. The van der Waals surface area contributed by atoms with E-state index < -0.39 is 0 Å². The fraction of sp³-hybridized carbons (Fsp3) is 0.500. The Bertz CT molecular complexity index is 1050. The Morgan fingerprint density at radius 3 is 1.64 bits per heavy atom. The maximum atomic E-state index is 13.1. The number of nitrogens with one attached hydrogen (secondary N) is 2. The highest BCUT2D eigenvalue weighted by Crippen LogP contribution is 2.46. The van der Waals surface area contributed by atoms with Crippen molar-refractivity contribution < 1.29 is 28.5 Å². The minimum absolute atomic E-state index is 0.0130. The van der Waals surface area contributed by atoms with Crippen molar-refractivity contribution in [3.63, 3.8) is 0 Å². The highest BCUT2D eigenvalue weighted by Gasteiger charge is 2.42. The SMILES string of the molecule is COc1cc(OC)cc(C(=O)NCC2(C)CC(NC(=O)c3cc(OC)cc(OC)c3)CC(C)(C)C2)c1. The van der Waals surface area contributed by atoms with Gasteiger partial charge in [0.15, 0.2) is 0 Å². The summed E-state index contributed by atoms with van der Waals surface area (Å²) in [7, 11) is 6.22. The van der Waals surface area contributed by atoms with Crippen LogP contribution in [0.3, 0.4) is 0 Å². The van der Waals surface area contributed by atoms with Gasteiger partial charge in [0, 0.05) is 35.8 Å². The van der Waals surface area contributed by atoms with E-state index in [1.807, 2.05) is 0 Å². The number of rotatable bonds is 9. The summed E-state index contributed by atoms with van der Waals surface area (Å²) < 4.78 is 21.2. The molecule has 1 aliphatic carbocycles. The van der Waals surface area contributed by atoms with Crippen molar-refractivity contribution in [3.05, 3.63) is 47.5 Å². The number of carbonyl (C=O) groups excluding carboxylic acids is 2. The number of carbonyl (C=O) groups is 2. The number of benzene rings is 2. The van der Waals surface area contributed by atoms with Crippen LogP contribution in [0.2, 0.25) is 0 Å². The Morgan fingerprint density at radius 1 is 0.750 bits per heavy atom. The van der Waals surface area contributed by atoms with Crippen LogP contribution in [0.4, 0.5) is 0 Å². The van der Waals surface area contributed by atoms with Crippen molar-refractivity contribution in [2.75, 3.05) is 35.0 Å². The fourth-order valence-electron chi connectivity index (χ4n) is 5.41. The van der Waals surface area contributed by atoms with Crippen molar-refractivity contribution in [2.45, 2.75) is 46.1 Å². The third-order valence-electron chi connectivity index (χ3n) is 6.68. The van der Waals surface area contributed by atoms with Gasteiger partial charge in [0.05, 0.1) is 28.4 Å². The molecular weight excluding hydrogens is 460 g/mol. The van der Waals surface area contributed by atoms with Gasteiger partial charge in [-0.2, -0.15) is 0 Å². The summed E-state index contributed by atoms with van der Waals surface area (Å²) in [4.78, 5) is 26.1. The van der Waals surface area contributed by atoms with E-state index in [-0.39, 0.29) is 28.7 Å². The Labute approximate surface area is 213 Å². The molecule has 1 saturated carbocycles. The van der Waals surface area contributed by atoms with Gasteiger partial charge in [-0.25, -0.2) is 0 Å². The molecule has 2 N–H and O–H groups in total. The van der Waals surface area contributed by atoms with Gasteiger partial charge in [-0.15, -0.1) is 0 Å².